The Morgan fingerprint density at radius 2 is 1.08 bits per heavy atom. The number of hydrogen-bond acceptors (Lipinski definition) is 2. The van der Waals surface area contributed by atoms with Crippen molar-refractivity contribution >= 4 is 10.8 Å². The third-order valence-corrected chi connectivity index (χ3v) is 4.72. The summed E-state index contributed by atoms with van der Waals surface area (Å²) in [4.78, 5) is 0. The van der Waals surface area contributed by atoms with Gasteiger partial charge in [-0.3, -0.25) is 0 Å². The summed E-state index contributed by atoms with van der Waals surface area (Å²) in [6.45, 7) is 14.6. The summed E-state index contributed by atoms with van der Waals surface area (Å²) >= 11 is 0. The Morgan fingerprint density at radius 1 is 0.708 bits per heavy atom. The SMILES string of the molecule is CCC(C)COc1cc(C)cc2c(OCC(C)CC)cc(C)cc12. The maximum absolute atomic E-state index is 6.15. The largest absolute Gasteiger partial charge is 0.493 e. The van der Waals surface area contributed by atoms with E-state index in [0.717, 1.165) is 48.3 Å². The van der Waals surface area contributed by atoms with Crippen LogP contribution in [0.2, 0.25) is 0 Å². The summed E-state index contributed by atoms with van der Waals surface area (Å²) in [5.74, 6) is 3.07. The highest BCUT2D eigenvalue weighted by Crippen LogP contribution is 2.35. The van der Waals surface area contributed by atoms with E-state index in [1.54, 1.807) is 0 Å². The van der Waals surface area contributed by atoms with Gasteiger partial charge in [-0.1, -0.05) is 40.5 Å². The van der Waals surface area contributed by atoms with Gasteiger partial charge in [0.05, 0.1) is 13.2 Å². The van der Waals surface area contributed by atoms with Gasteiger partial charge in [-0.05, 0) is 61.1 Å². The van der Waals surface area contributed by atoms with E-state index in [0.29, 0.717) is 11.8 Å². The normalized spacial score (nSPS) is 13.8. The topological polar surface area (TPSA) is 18.5 Å². The molecule has 0 aromatic heterocycles. The number of aryl methyl sites for hydroxylation is 2. The van der Waals surface area contributed by atoms with E-state index in [2.05, 4.69) is 65.8 Å². The molecule has 0 spiro atoms. The minimum Gasteiger partial charge on any atom is -0.493 e. The average Bonchev–Trinajstić information content (AvgIpc) is 2.57. The van der Waals surface area contributed by atoms with Crippen molar-refractivity contribution in [1.82, 2.24) is 0 Å². The summed E-state index contributed by atoms with van der Waals surface area (Å²) in [6.07, 6.45) is 2.26. The van der Waals surface area contributed by atoms with Crippen LogP contribution in [0.1, 0.15) is 51.7 Å². The highest BCUT2D eigenvalue weighted by molar-refractivity contribution is 5.94. The van der Waals surface area contributed by atoms with Gasteiger partial charge in [0, 0.05) is 10.8 Å². The smallest absolute Gasteiger partial charge is 0.127 e. The highest BCUT2D eigenvalue weighted by Gasteiger charge is 2.12. The van der Waals surface area contributed by atoms with Gasteiger partial charge >= 0.3 is 0 Å². The number of hydrogen-bond donors (Lipinski definition) is 0. The molecule has 24 heavy (non-hydrogen) atoms. The van der Waals surface area contributed by atoms with E-state index in [9.17, 15) is 0 Å². The molecule has 2 nitrogen and oxygen atoms in total. The van der Waals surface area contributed by atoms with Gasteiger partial charge in [-0.25, -0.2) is 0 Å². The Bertz CT molecular complexity index is 616. The first kappa shape index (κ1) is 18.6. The number of benzene rings is 2. The maximum atomic E-state index is 6.15. The van der Waals surface area contributed by atoms with Crippen LogP contribution < -0.4 is 9.47 Å². The molecule has 2 aromatic carbocycles. The Kier molecular flexibility index (Phi) is 6.53. The zero-order chi connectivity index (χ0) is 17.7. The van der Waals surface area contributed by atoms with Gasteiger partial charge in [-0.15, -0.1) is 0 Å². The Labute approximate surface area is 147 Å². The molecule has 2 atom stereocenters. The van der Waals surface area contributed by atoms with Crippen LogP contribution in [0, 0.1) is 25.7 Å². The fourth-order valence-corrected chi connectivity index (χ4v) is 2.61. The van der Waals surface area contributed by atoms with Crippen LogP contribution in [0.15, 0.2) is 24.3 Å². The molecule has 0 aliphatic carbocycles. The minimum atomic E-state index is 0.562. The predicted octanol–water partition coefficient (Wildman–Crippen LogP) is 6.31. The van der Waals surface area contributed by atoms with Crippen molar-refractivity contribution < 1.29 is 9.47 Å². The van der Waals surface area contributed by atoms with Crippen LogP contribution in [0.25, 0.3) is 10.8 Å². The van der Waals surface area contributed by atoms with E-state index in [-0.39, 0.29) is 0 Å². The molecule has 0 N–H and O–H groups in total. The van der Waals surface area contributed by atoms with Gasteiger partial charge in [0.1, 0.15) is 11.5 Å². The number of ether oxygens (including phenoxy) is 2. The zero-order valence-corrected chi connectivity index (χ0v) is 16.1. The molecule has 0 radical (unpaired) electrons. The van der Waals surface area contributed by atoms with Crippen LogP contribution in [0.3, 0.4) is 0 Å². The standard InChI is InChI=1S/C22H32O2/c1-7-15(3)13-23-21-11-17(5)10-20-19(21)9-18(6)12-22(20)24-14-16(4)8-2/h9-12,15-16H,7-8,13-14H2,1-6H3. The van der Waals surface area contributed by atoms with Crippen molar-refractivity contribution in [2.45, 2.75) is 54.4 Å². The molecule has 0 aliphatic rings. The van der Waals surface area contributed by atoms with Crippen molar-refractivity contribution in [3.8, 4) is 11.5 Å². The third kappa shape index (κ3) is 4.66. The van der Waals surface area contributed by atoms with Crippen molar-refractivity contribution in [2.75, 3.05) is 13.2 Å². The summed E-state index contributed by atoms with van der Waals surface area (Å²) in [5, 5.41) is 2.31. The lowest BCUT2D eigenvalue weighted by Crippen LogP contribution is -2.09. The third-order valence-electron chi connectivity index (χ3n) is 4.72. The van der Waals surface area contributed by atoms with Gasteiger partial charge in [0.2, 0.25) is 0 Å². The van der Waals surface area contributed by atoms with E-state index in [1.165, 1.54) is 11.1 Å². The van der Waals surface area contributed by atoms with Gasteiger partial charge in [0.25, 0.3) is 0 Å². The van der Waals surface area contributed by atoms with Gasteiger partial charge in [-0.2, -0.15) is 0 Å². The molecule has 0 bridgehead atoms. The molecule has 2 rings (SSSR count). The van der Waals surface area contributed by atoms with E-state index < -0.39 is 0 Å². The highest BCUT2D eigenvalue weighted by atomic mass is 16.5. The number of rotatable bonds is 8. The minimum absolute atomic E-state index is 0.562. The molecule has 0 saturated carbocycles. The number of fused-ring (bicyclic) bond motifs is 1. The average molecular weight is 328 g/mol. The molecule has 2 unspecified atom stereocenters. The fourth-order valence-electron chi connectivity index (χ4n) is 2.61. The maximum Gasteiger partial charge on any atom is 0.127 e. The van der Waals surface area contributed by atoms with Crippen molar-refractivity contribution in [3.05, 3.63) is 35.4 Å². The van der Waals surface area contributed by atoms with Gasteiger partial charge < -0.3 is 9.47 Å². The van der Waals surface area contributed by atoms with Crippen LogP contribution in [-0.4, -0.2) is 13.2 Å². The summed E-state index contributed by atoms with van der Waals surface area (Å²) in [6, 6.07) is 8.69. The predicted molar refractivity (Wildman–Crippen MR) is 103 cm³/mol. The lowest BCUT2D eigenvalue weighted by Gasteiger charge is -2.18. The van der Waals surface area contributed by atoms with Gasteiger partial charge in [0.15, 0.2) is 0 Å². The van der Waals surface area contributed by atoms with Crippen LogP contribution in [0.5, 0.6) is 11.5 Å². The molecular weight excluding hydrogens is 296 g/mol. The zero-order valence-electron chi connectivity index (χ0n) is 16.1. The molecule has 0 heterocycles. The van der Waals surface area contributed by atoms with E-state index in [1.807, 2.05) is 0 Å². The molecule has 0 aliphatic heterocycles. The quantitative estimate of drug-likeness (QED) is 0.565. The lowest BCUT2D eigenvalue weighted by molar-refractivity contribution is 0.257. The molecule has 0 fully saturated rings. The summed E-state index contributed by atoms with van der Waals surface area (Å²) < 4.78 is 12.3. The first-order valence-corrected chi connectivity index (χ1v) is 9.25. The van der Waals surface area contributed by atoms with Crippen molar-refractivity contribution in [1.29, 1.82) is 0 Å². The summed E-state index contributed by atoms with van der Waals surface area (Å²) in [5.41, 5.74) is 2.41. The van der Waals surface area contributed by atoms with E-state index in [4.69, 9.17) is 9.47 Å². The Balaban J connectivity index is 2.40. The second kappa shape index (κ2) is 8.41. The lowest BCUT2D eigenvalue weighted by atomic mass is 10.0. The molecule has 132 valence electrons. The van der Waals surface area contributed by atoms with Crippen molar-refractivity contribution in [2.24, 2.45) is 11.8 Å². The molecule has 0 saturated heterocycles. The van der Waals surface area contributed by atoms with Crippen molar-refractivity contribution in [3.63, 3.8) is 0 Å². The summed E-state index contributed by atoms with van der Waals surface area (Å²) in [7, 11) is 0. The first-order valence-electron chi connectivity index (χ1n) is 9.25. The molecule has 2 heteroatoms. The second-order valence-corrected chi connectivity index (χ2v) is 7.27. The van der Waals surface area contributed by atoms with Crippen LogP contribution >= 0.6 is 0 Å². The Hall–Kier alpha value is -1.70. The first-order chi connectivity index (χ1) is 11.4. The van der Waals surface area contributed by atoms with E-state index >= 15 is 0 Å². The molecular formula is C22H32O2. The Morgan fingerprint density at radius 3 is 1.42 bits per heavy atom. The molecule has 2 aromatic rings. The van der Waals surface area contributed by atoms with Crippen LogP contribution in [-0.2, 0) is 0 Å². The molecule has 0 amide bonds. The monoisotopic (exact) mass is 328 g/mol. The fraction of sp³-hybridized carbons (Fsp3) is 0.545. The van der Waals surface area contributed by atoms with Crippen LogP contribution in [0.4, 0.5) is 0 Å². The second-order valence-electron chi connectivity index (χ2n) is 7.27.